The molecule has 1 unspecified atom stereocenters. The predicted octanol–water partition coefficient (Wildman–Crippen LogP) is 1.68. The van der Waals surface area contributed by atoms with Gasteiger partial charge in [-0.05, 0) is 17.7 Å². The summed E-state index contributed by atoms with van der Waals surface area (Å²) < 4.78 is 5.35. The van der Waals surface area contributed by atoms with E-state index in [9.17, 15) is 4.79 Å². The second-order valence-corrected chi connectivity index (χ2v) is 5.25. The van der Waals surface area contributed by atoms with Crippen molar-refractivity contribution in [3.05, 3.63) is 34.9 Å². The van der Waals surface area contributed by atoms with E-state index in [-0.39, 0.29) is 11.9 Å². The van der Waals surface area contributed by atoms with Crippen LogP contribution in [0.25, 0.3) is 0 Å². The normalized spacial score (nSPS) is 19.2. The third-order valence-corrected chi connectivity index (χ3v) is 3.39. The lowest BCUT2D eigenvalue weighted by Crippen LogP contribution is -2.44. The summed E-state index contributed by atoms with van der Waals surface area (Å²) in [6.45, 7) is 2.72. The quantitative estimate of drug-likeness (QED) is 0.914. The van der Waals surface area contributed by atoms with Crippen LogP contribution in [0.1, 0.15) is 12.0 Å². The third-order valence-electron chi connectivity index (χ3n) is 3.15. The van der Waals surface area contributed by atoms with Crippen LogP contribution < -0.4 is 5.32 Å². The van der Waals surface area contributed by atoms with Crippen molar-refractivity contribution in [3.63, 3.8) is 0 Å². The Morgan fingerprint density at radius 1 is 1.58 bits per heavy atom. The van der Waals surface area contributed by atoms with E-state index in [0.717, 1.165) is 18.7 Å². The van der Waals surface area contributed by atoms with Gasteiger partial charge in [-0.15, -0.1) is 0 Å². The molecule has 104 valence electrons. The number of hydrogen-bond donors (Lipinski definition) is 1. The topological polar surface area (TPSA) is 41.6 Å². The van der Waals surface area contributed by atoms with Crippen LogP contribution in [0.15, 0.2) is 24.3 Å². The lowest BCUT2D eigenvalue weighted by atomic mass is 10.1. The molecule has 1 saturated heterocycles. The van der Waals surface area contributed by atoms with Crippen molar-refractivity contribution in [2.24, 2.45) is 0 Å². The highest BCUT2D eigenvalue weighted by Gasteiger charge is 2.19. The van der Waals surface area contributed by atoms with Gasteiger partial charge in [0.05, 0.1) is 13.2 Å². The van der Waals surface area contributed by atoms with Crippen LogP contribution in [0.5, 0.6) is 0 Å². The molecule has 2 rings (SSSR count). The van der Waals surface area contributed by atoms with Crippen LogP contribution in [0.2, 0.25) is 5.02 Å². The minimum Gasteiger partial charge on any atom is -0.378 e. The Hall–Kier alpha value is -1.10. The average molecular weight is 283 g/mol. The van der Waals surface area contributed by atoms with E-state index in [1.165, 1.54) is 0 Å². The molecule has 1 aliphatic heterocycles. The van der Waals surface area contributed by atoms with Crippen LogP contribution in [0, 0.1) is 0 Å². The van der Waals surface area contributed by atoms with Crippen molar-refractivity contribution in [2.75, 3.05) is 26.8 Å². The highest BCUT2D eigenvalue weighted by molar-refractivity contribution is 6.30. The summed E-state index contributed by atoms with van der Waals surface area (Å²) in [6, 6.07) is 7.70. The summed E-state index contributed by atoms with van der Waals surface area (Å²) in [5.74, 6) is 0.114. The molecular weight excluding hydrogens is 264 g/mol. The maximum Gasteiger partial charge on any atom is 0.224 e. The Morgan fingerprint density at radius 2 is 2.42 bits per heavy atom. The van der Waals surface area contributed by atoms with Crippen molar-refractivity contribution in [1.82, 2.24) is 10.2 Å². The summed E-state index contributed by atoms with van der Waals surface area (Å²) in [5, 5.41) is 3.98. The Labute approximate surface area is 118 Å². The molecule has 1 N–H and O–H groups in total. The molecule has 4 nitrogen and oxygen atoms in total. The molecule has 0 aliphatic carbocycles. The zero-order valence-corrected chi connectivity index (χ0v) is 11.8. The van der Waals surface area contributed by atoms with Gasteiger partial charge in [-0.25, -0.2) is 0 Å². The van der Waals surface area contributed by atoms with Crippen LogP contribution in [-0.2, 0) is 16.1 Å². The summed E-state index contributed by atoms with van der Waals surface area (Å²) in [4.78, 5) is 13.8. The minimum atomic E-state index is 0.114. The molecule has 0 radical (unpaired) electrons. The van der Waals surface area contributed by atoms with Gasteiger partial charge in [0.15, 0.2) is 0 Å². The largest absolute Gasteiger partial charge is 0.378 e. The van der Waals surface area contributed by atoms with Gasteiger partial charge in [-0.1, -0.05) is 23.7 Å². The van der Waals surface area contributed by atoms with E-state index >= 15 is 0 Å². The van der Waals surface area contributed by atoms with Crippen LogP contribution in [0.3, 0.4) is 0 Å². The molecule has 1 fully saturated rings. The Bertz CT molecular complexity index is 433. The van der Waals surface area contributed by atoms with Gasteiger partial charge in [0.2, 0.25) is 5.91 Å². The predicted molar refractivity (Wildman–Crippen MR) is 75.2 cm³/mol. The molecule has 0 spiro atoms. The number of carbonyl (C=O) groups excluding carboxylic acids is 1. The van der Waals surface area contributed by atoms with Gasteiger partial charge in [0, 0.05) is 37.6 Å². The molecular formula is C14H19ClN2O2. The molecule has 1 aromatic rings. The first-order chi connectivity index (χ1) is 9.15. The maximum atomic E-state index is 12.1. The maximum absolute atomic E-state index is 12.1. The number of nitrogens with one attached hydrogen (secondary N) is 1. The van der Waals surface area contributed by atoms with Gasteiger partial charge in [0.25, 0.3) is 0 Å². The number of carbonyl (C=O) groups is 1. The van der Waals surface area contributed by atoms with E-state index in [1.807, 2.05) is 31.3 Å². The second kappa shape index (κ2) is 6.89. The van der Waals surface area contributed by atoms with Crippen LogP contribution in [-0.4, -0.2) is 43.7 Å². The standard InChI is InChI=1S/C14H19ClN2O2/c1-17(9-11-3-2-4-12(15)7-11)14(18)8-13-10-19-6-5-16-13/h2-4,7,13,16H,5-6,8-10H2,1H3. The minimum absolute atomic E-state index is 0.114. The number of rotatable bonds is 4. The van der Waals surface area contributed by atoms with Crippen LogP contribution in [0.4, 0.5) is 0 Å². The smallest absolute Gasteiger partial charge is 0.224 e. The summed E-state index contributed by atoms with van der Waals surface area (Å²) >= 11 is 5.93. The first-order valence-corrected chi connectivity index (χ1v) is 6.82. The SMILES string of the molecule is CN(Cc1cccc(Cl)c1)C(=O)CC1COCCN1. The Balaban J connectivity index is 1.84. The molecule has 1 aromatic carbocycles. The molecule has 1 atom stereocenters. The van der Waals surface area contributed by atoms with Gasteiger partial charge < -0.3 is 15.0 Å². The highest BCUT2D eigenvalue weighted by atomic mass is 35.5. The number of ether oxygens (including phenoxy) is 1. The molecule has 0 saturated carbocycles. The molecule has 1 aliphatic rings. The highest BCUT2D eigenvalue weighted by Crippen LogP contribution is 2.13. The van der Waals surface area contributed by atoms with E-state index in [2.05, 4.69) is 5.32 Å². The third kappa shape index (κ3) is 4.49. The Morgan fingerprint density at radius 3 is 3.11 bits per heavy atom. The van der Waals surface area contributed by atoms with E-state index in [0.29, 0.717) is 24.6 Å². The van der Waals surface area contributed by atoms with Crippen molar-refractivity contribution >= 4 is 17.5 Å². The number of nitrogens with zero attached hydrogens (tertiary/aromatic N) is 1. The zero-order chi connectivity index (χ0) is 13.7. The molecule has 19 heavy (non-hydrogen) atoms. The first-order valence-electron chi connectivity index (χ1n) is 6.44. The summed E-state index contributed by atoms with van der Waals surface area (Å²) in [5.41, 5.74) is 1.04. The fourth-order valence-corrected chi connectivity index (χ4v) is 2.33. The van der Waals surface area contributed by atoms with E-state index in [1.54, 1.807) is 4.90 Å². The van der Waals surface area contributed by atoms with Crippen molar-refractivity contribution in [2.45, 2.75) is 19.0 Å². The number of halogens is 1. The monoisotopic (exact) mass is 282 g/mol. The molecule has 5 heteroatoms. The van der Waals surface area contributed by atoms with Crippen LogP contribution >= 0.6 is 11.6 Å². The summed E-state index contributed by atoms with van der Waals surface area (Å²) in [6.07, 6.45) is 0.469. The average Bonchev–Trinajstić information content (AvgIpc) is 2.40. The molecule has 1 amide bonds. The Kier molecular flexibility index (Phi) is 5.19. The summed E-state index contributed by atoms with van der Waals surface area (Å²) in [7, 11) is 1.81. The van der Waals surface area contributed by atoms with Gasteiger partial charge in [-0.2, -0.15) is 0 Å². The van der Waals surface area contributed by atoms with Gasteiger partial charge >= 0.3 is 0 Å². The number of amides is 1. The molecule has 1 heterocycles. The van der Waals surface area contributed by atoms with E-state index in [4.69, 9.17) is 16.3 Å². The van der Waals surface area contributed by atoms with E-state index < -0.39 is 0 Å². The fourth-order valence-electron chi connectivity index (χ4n) is 2.11. The van der Waals surface area contributed by atoms with Crippen molar-refractivity contribution in [1.29, 1.82) is 0 Å². The molecule has 0 bridgehead atoms. The molecule has 0 aromatic heterocycles. The van der Waals surface area contributed by atoms with Gasteiger partial charge in [-0.3, -0.25) is 4.79 Å². The second-order valence-electron chi connectivity index (χ2n) is 4.81. The first kappa shape index (κ1) is 14.3. The van der Waals surface area contributed by atoms with Gasteiger partial charge in [0.1, 0.15) is 0 Å². The lowest BCUT2D eigenvalue weighted by Gasteiger charge is -2.25. The number of benzene rings is 1. The van der Waals surface area contributed by atoms with Crippen molar-refractivity contribution < 1.29 is 9.53 Å². The fraction of sp³-hybridized carbons (Fsp3) is 0.500. The zero-order valence-electron chi connectivity index (χ0n) is 11.1. The number of hydrogen-bond acceptors (Lipinski definition) is 3. The van der Waals surface area contributed by atoms with Crippen molar-refractivity contribution in [3.8, 4) is 0 Å². The lowest BCUT2D eigenvalue weighted by molar-refractivity contribution is -0.131. The number of morpholine rings is 1.